The molecule has 3 aliphatic rings. The van der Waals surface area contributed by atoms with Crippen LogP contribution in [0.4, 0.5) is 0 Å². The van der Waals surface area contributed by atoms with Crippen LogP contribution in [0.2, 0.25) is 36.3 Å². The van der Waals surface area contributed by atoms with Crippen LogP contribution in [0, 0.1) is 0 Å². The summed E-state index contributed by atoms with van der Waals surface area (Å²) >= 11 is 0. The van der Waals surface area contributed by atoms with Crippen LogP contribution in [-0.2, 0) is 90.3 Å². The average Bonchev–Trinajstić information content (AvgIpc) is 0.764. The Morgan fingerprint density at radius 1 is 0.343 bits per heavy atom. The van der Waals surface area contributed by atoms with Crippen LogP contribution in [-0.4, -0.2) is 165 Å². The van der Waals surface area contributed by atoms with E-state index in [0.29, 0.717) is 0 Å². The van der Waals surface area contributed by atoms with Crippen LogP contribution in [0.25, 0.3) is 0 Å². The molecule has 102 heavy (non-hydrogen) atoms. The van der Waals surface area contributed by atoms with E-state index >= 15 is 0 Å². The second-order valence-electron chi connectivity index (χ2n) is 28.6. The summed E-state index contributed by atoms with van der Waals surface area (Å²) in [7, 11) is -4.26. The molecule has 0 aromatic heterocycles. The minimum Gasteiger partial charge on any atom is -0.452 e. The average molecular weight is 1430 g/mol. The van der Waals surface area contributed by atoms with E-state index in [0.717, 1.165) is 16.7 Å². The summed E-state index contributed by atoms with van der Waals surface area (Å²) in [4.78, 5) is 58.0. The van der Waals surface area contributed by atoms with Gasteiger partial charge in [0, 0.05) is 7.11 Å². The van der Waals surface area contributed by atoms with Crippen LogP contribution in [0.1, 0.15) is 99.7 Å². The van der Waals surface area contributed by atoms with Gasteiger partial charge in [0.2, 0.25) is 0 Å². The molecule has 22 heteroatoms. The second-order valence-corrected chi connectivity index (χ2v) is 38.1. The lowest BCUT2D eigenvalue weighted by molar-refractivity contribution is -0.352. The molecule has 3 aliphatic heterocycles. The standard InChI is InChI=1S/C80H96O20Si2/c1-79(2,3)101(8,9)99-65-60(47-81)92-78(71(68(65)100-102(10,11)80(4,5)6)98-75(85)59-45-31-18-32-46-59)91-51-61-63(87-48-53-33-19-12-20-34-53)66(88-49-54-35-21-13-22-36-54)69(89-50-55-37-23-14-24-38-55)77(94-61)90-52-62-64(95-72(82)56-39-25-15-26-40-56)67(96-73(83)57-41-27-16-28-42-57)70(76(86-7)93-62)97-74(84)58-43-29-17-30-44-58/h12-46,60-71,76-78,81H,47-52H2,1-11H3/t60-,61-,62-,63-,64-,65-,66+,67+,68+,69-,70-,71-,76+,77?,78-/m1/s1. The Bertz CT molecular complexity index is 3740. The highest BCUT2D eigenvalue weighted by atomic mass is 28.4. The number of carbonyl (C=O) groups is 4. The van der Waals surface area contributed by atoms with Crippen molar-refractivity contribution in [3.63, 3.8) is 0 Å². The molecule has 544 valence electrons. The van der Waals surface area contributed by atoms with Gasteiger partial charge in [0.05, 0.1) is 61.9 Å². The molecule has 10 rings (SSSR count). The molecule has 0 amide bonds. The van der Waals surface area contributed by atoms with Crippen molar-refractivity contribution in [2.75, 3.05) is 26.9 Å². The number of esters is 4. The maximum Gasteiger partial charge on any atom is 0.338 e. The first-order valence-corrected chi connectivity index (χ1v) is 40.4. The molecule has 20 nitrogen and oxygen atoms in total. The zero-order chi connectivity index (χ0) is 72.6. The third-order valence-corrected chi connectivity index (χ3v) is 28.3. The molecule has 3 heterocycles. The Morgan fingerprint density at radius 2 is 0.637 bits per heavy atom. The molecule has 0 bridgehead atoms. The third kappa shape index (κ3) is 19.8. The highest BCUT2D eigenvalue weighted by Gasteiger charge is 2.58. The SMILES string of the molecule is CO[C@H]1O[C@H](COC2O[C@H](CO[C@@H]3O[C@H](CO)[C@@H](O[Si](C)(C)C(C)(C)C)[C@H](O[Si](C)(C)C(C)(C)C)[C@H]3OC(=O)c3ccccc3)[C@@H](OCc3ccccc3)[C@H](OCc3ccccc3)[C@H]2OCc2ccccc2)[C@@H](OC(=O)c2ccccc2)[C@H](OC(=O)c2ccccc2)[C@H]1OC(=O)c1ccccc1. The topological polar surface area (TPSA) is 227 Å². The molecule has 0 aliphatic carbocycles. The fraction of sp³-hybridized carbons (Fsp3) is 0.425. The van der Waals surface area contributed by atoms with Gasteiger partial charge in [-0.2, -0.15) is 0 Å². The summed E-state index contributed by atoms with van der Waals surface area (Å²) in [5.74, 6) is -3.17. The predicted octanol–water partition coefficient (Wildman–Crippen LogP) is 13.3. The van der Waals surface area contributed by atoms with Crippen molar-refractivity contribution in [3.05, 3.63) is 251 Å². The highest BCUT2D eigenvalue weighted by Crippen LogP contribution is 2.45. The van der Waals surface area contributed by atoms with Gasteiger partial charge < -0.3 is 75.5 Å². The fourth-order valence-corrected chi connectivity index (χ4v) is 14.3. The molecule has 1 N–H and O–H groups in total. The zero-order valence-electron chi connectivity index (χ0n) is 59.8. The predicted molar refractivity (Wildman–Crippen MR) is 384 cm³/mol. The number of methoxy groups -OCH3 is 1. The minimum atomic E-state index is -2.85. The quantitative estimate of drug-likeness (QED) is 0.0261. The first-order chi connectivity index (χ1) is 48.9. The second kappa shape index (κ2) is 35.2. The molecule has 3 saturated heterocycles. The first-order valence-electron chi connectivity index (χ1n) is 34.6. The molecule has 0 radical (unpaired) electrons. The number of hydrogen-bond donors (Lipinski definition) is 1. The van der Waals surface area contributed by atoms with Gasteiger partial charge in [0.1, 0.15) is 48.8 Å². The van der Waals surface area contributed by atoms with Crippen molar-refractivity contribution in [2.45, 2.75) is 190 Å². The number of carbonyl (C=O) groups excluding carboxylic acids is 4. The van der Waals surface area contributed by atoms with E-state index in [2.05, 4.69) is 67.7 Å². The Kier molecular flexibility index (Phi) is 26.6. The van der Waals surface area contributed by atoms with E-state index < -0.39 is 146 Å². The van der Waals surface area contributed by atoms with Gasteiger partial charge in [-0.3, -0.25) is 0 Å². The van der Waals surface area contributed by atoms with Crippen LogP contribution < -0.4 is 0 Å². The number of aliphatic hydroxyl groups excluding tert-OH is 1. The Balaban J connectivity index is 1.08. The normalized spacial score (nSPS) is 25.5. The molecule has 0 saturated carbocycles. The molecule has 1 unspecified atom stereocenters. The summed E-state index contributed by atoms with van der Waals surface area (Å²) in [6, 6.07) is 61.9. The van der Waals surface area contributed by atoms with Crippen molar-refractivity contribution in [3.8, 4) is 0 Å². The molecular weight excluding hydrogens is 1340 g/mol. The molecule has 0 spiro atoms. The van der Waals surface area contributed by atoms with E-state index in [1.54, 1.807) is 121 Å². The summed E-state index contributed by atoms with van der Waals surface area (Å²) in [5, 5.41) is 10.9. The van der Waals surface area contributed by atoms with Gasteiger partial charge in [0.25, 0.3) is 0 Å². The van der Waals surface area contributed by atoms with E-state index in [1.807, 2.05) is 91.0 Å². The monoisotopic (exact) mass is 1430 g/mol. The highest BCUT2D eigenvalue weighted by molar-refractivity contribution is 6.74. The largest absolute Gasteiger partial charge is 0.452 e. The Hall–Kier alpha value is -7.63. The van der Waals surface area contributed by atoms with Gasteiger partial charge in [-0.25, -0.2) is 19.2 Å². The van der Waals surface area contributed by atoms with Crippen molar-refractivity contribution < 1.29 is 94.7 Å². The van der Waals surface area contributed by atoms with Crippen molar-refractivity contribution in [2.24, 2.45) is 0 Å². The van der Waals surface area contributed by atoms with Gasteiger partial charge >= 0.3 is 23.9 Å². The van der Waals surface area contributed by atoms with E-state index in [-0.39, 0.29) is 58.8 Å². The maximum atomic E-state index is 14.7. The molecule has 3 fully saturated rings. The molecule has 7 aromatic carbocycles. The van der Waals surface area contributed by atoms with Gasteiger partial charge in [-0.15, -0.1) is 0 Å². The minimum absolute atomic E-state index is 0.0160. The van der Waals surface area contributed by atoms with E-state index in [1.165, 1.54) is 7.11 Å². The summed E-state index contributed by atoms with van der Waals surface area (Å²) in [6.45, 7) is 19.8. The van der Waals surface area contributed by atoms with Gasteiger partial charge in [-0.1, -0.05) is 205 Å². The van der Waals surface area contributed by atoms with Crippen LogP contribution in [0.3, 0.4) is 0 Å². The number of hydrogen-bond acceptors (Lipinski definition) is 20. The lowest BCUT2D eigenvalue weighted by Gasteiger charge is -2.52. The lowest BCUT2D eigenvalue weighted by Crippen LogP contribution is -2.67. The number of benzene rings is 7. The van der Waals surface area contributed by atoms with E-state index in [9.17, 15) is 24.3 Å². The van der Waals surface area contributed by atoms with Crippen LogP contribution in [0.15, 0.2) is 212 Å². The van der Waals surface area contributed by atoms with Crippen molar-refractivity contribution in [1.82, 2.24) is 0 Å². The van der Waals surface area contributed by atoms with Crippen LogP contribution >= 0.6 is 0 Å². The smallest absolute Gasteiger partial charge is 0.338 e. The summed E-state index contributed by atoms with van der Waals surface area (Å²) < 4.78 is 103. The Labute approximate surface area is 600 Å². The lowest BCUT2D eigenvalue weighted by atomic mass is 9.96. The first kappa shape index (κ1) is 77.0. The third-order valence-electron chi connectivity index (χ3n) is 19.4. The Morgan fingerprint density at radius 3 is 1.01 bits per heavy atom. The van der Waals surface area contributed by atoms with Crippen LogP contribution in [0.5, 0.6) is 0 Å². The van der Waals surface area contributed by atoms with Gasteiger partial charge in [-0.05, 0) is 101 Å². The molecular formula is C80H96O20Si2. The van der Waals surface area contributed by atoms with Crippen molar-refractivity contribution >= 4 is 40.5 Å². The number of ether oxygens (including phenoxy) is 13. The van der Waals surface area contributed by atoms with E-state index in [4.69, 9.17) is 70.4 Å². The number of aliphatic hydroxyl groups is 1. The zero-order valence-corrected chi connectivity index (χ0v) is 61.8. The molecule has 15 atom stereocenters. The number of rotatable bonds is 29. The molecule has 7 aromatic rings. The summed E-state index contributed by atoms with van der Waals surface area (Å²) in [6.07, 6.45) is -19.5. The maximum absolute atomic E-state index is 14.7. The van der Waals surface area contributed by atoms with Crippen molar-refractivity contribution in [1.29, 1.82) is 0 Å². The van der Waals surface area contributed by atoms with Gasteiger partial charge in [0.15, 0.2) is 59.9 Å². The fourth-order valence-electron chi connectivity index (χ4n) is 11.7. The summed E-state index contributed by atoms with van der Waals surface area (Å²) in [5.41, 5.74) is 3.15.